The van der Waals surface area contributed by atoms with Crippen LogP contribution >= 0.6 is 0 Å². The maximum absolute atomic E-state index is 13.8. The van der Waals surface area contributed by atoms with Crippen LogP contribution in [0.4, 0.5) is 0 Å². The van der Waals surface area contributed by atoms with Crippen LogP contribution < -0.4 is 0 Å². The number of aliphatic hydroxyl groups excluding tert-OH is 3. The maximum Gasteiger partial charge on any atom is 0.320 e. The van der Waals surface area contributed by atoms with Crippen molar-refractivity contribution in [2.75, 3.05) is 19.6 Å². The number of piperidine rings is 1. The number of ether oxygens (including phenoxy) is 2. The molecule has 0 aromatic heterocycles. The number of fused-ring (bicyclic) bond motifs is 3. The van der Waals surface area contributed by atoms with Gasteiger partial charge in [-0.15, -0.1) is 6.58 Å². The first kappa shape index (κ1) is 27.7. The number of esters is 1. The number of likely N-dealkylation sites (tertiary alicyclic amines) is 1. The minimum absolute atomic E-state index is 0.00645. The number of ketones is 1. The Kier molecular flexibility index (Phi) is 6.80. The molecule has 4 fully saturated rings. The molecule has 2 heterocycles. The normalized spacial score (nSPS) is 47.5. The number of nitrogens with zero attached hydrogens (tertiary/aromatic N) is 1. The quantitative estimate of drug-likeness (QED) is 0.323. The minimum atomic E-state index is -2.23. The zero-order chi connectivity index (χ0) is 26.9. The SMILES string of the molecule is C=C[C@@]1(C)CC(=O)[C@]2(O)[C@@]3(C)[C@@H](O)CCC(C)(C)[C@@H]3[C@H](OC(=O)CN3CCC(O)CC3)[C@H](O)[C@@]2(C)O1. The number of rotatable bonds is 4. The third-order valence-corrected chi connectivity index (χ3v) is 9.91. The van der Waals surface area contributed by atoms with Crippen LogP contribution in [0.3, 0.4) is 0 Å². The Morgan fingerprint density at radius 1 is 1.14 bits per heavy atom. The van der Waals surface area contributed by atoms with Crippen molar-refractivity contribution in [1.82, 2.24) is 4.90 Å². The van der Waals surface area contributed by atoms with Gasteiger partial charge in [0.05, 0.1) is 24.4 Å². The standard InChI is InChI=1S/C27H43NO8/c1-7-24(4)14-18(31)27(34)25(5)17(30)8-11-23(2,3)21(25)20(22(33)26(27,6)36-24)35-19(32)15-28-12-9-16(29)10-13-28/h7,16-17,20-22,29-30,33-34H,1,8-15H2,2-6H3/t17-,20-,21-,22-,24-,25-,26+,27-/m0/s1. The van der Waals surface area contributed by atoms with E-state index in [-0.39, 0.29) is 19.1 Å². The van der Waals surface area contributed by atoms with Gasteiger partial charge in [0, 0.05) is 30.8 Å². The lowest BCUT2D eigenvalue weighted by atomic mass is 9.40. The Labute approximate surface area is 213 Å². The Hall–Kier alpha value is -1.36. The molecule has 204 valence electrons. The van der Waals surface area contributed by atoms with Crippen molar-refractivity contribution in [2.45, 2.75) is 108 Å². The average Bonchev–Trinajstić information content (AvgIpc) is 2.79. The van der Waals surface area contributed by atoms with Gasteiger partial charge in [0.15, 0.2) is 11.4 Å². The molecule has 4 rings (SSSR count). The van der Waals surface area contributed by atoms with Crippen LogP contribution in [0.2, 0.25) is 0 Å². The van der Waals surface area contributed by atoms with Gasteiger partial charge in [0.2, 0.25) is 0 Å². The summed E-state index contributed by atoms with van der Waals surface area (Å²) in [5, 5.41) is 45.3. The molecule has 2 aliphatic heterocycles. The molecular weight excluding hydrogens is 466 g/mol. The lowest BCUT2D eigenvalue weighted by Gasteiger charge is -2.71. The van der Waals surface area contributed by atoms with E-state index in [0.717, 1.165) is 0 Å². The maximum atomic E-state index is 13.8. The molecule has 4 aliphatic rings. The highest BCUT2D eigenvalue weighted by molar-refractivity contribution is 5.92. The Bertz CT molecular complexity index is 915. The molecule has 0 spiro atoms. The second kappa shape index (κ2) is 8.85. The van der Waals surface area contributed by atoms with E-state index < -0.39 is 63.6 Å². The Balaban J connectivity index is 1.77. The summed E-state index contributed by atoms with van der Waals surface area (Å²) in [5.74, 6) is -1.80. The molecule has 0 unspecified atom stereocenters. The van der Waals surface area contributed by atoms with Gasteiger partial charge in [-0.05, 0) is 44.9 Å². The van der Waals surface area contributed by atoms with E-state index in [1.54, 1.807) is 13.8 Å². The summed E-state index contributed by atoms with van der Waals surface area (Å²) < 4.78 is 12.3. The summed E-state index contributed by atoms with van der Waals surface area (Å²) in [6, 6.07) is 0. The van der Waals surface area contributed by atoms with Gasteiger partial charge in [0.1, 0.15) is 17.8 Å². The highest BCUT2D eigenvalue weighted by Gasteiger charge is 2.81. The monoisotopic (exact) mass is 509 g/mol. The molecule has 4 N–H and O–H groups in total. The summed E-state index contributed by atoms with van der Waals surface area (Å²) in [7, 11) is 0. The fourth-order valence-corrected chi connectivity index (χ4v) is 7.85. The number of aliphatic hydroxyl groups is 4. The number of carbonyl (C=O) groups is 2. The first-order valence-corrected chi connectivity index (χ1v) is 13.1. The molecule has 2 saturated heterocycles. The van der Waals surface area contributed by atoms with E-state index >= 15 is 0 Å². The van der Waals surface area contributed by atoms with Gasteiger partial charge in [0.25, 0.3) is 0 Å². The largest absolute Gasteiger partial charge is 0.458 e. The summed E-state index contributed by atoms with van der Waals surface area (Å²) in [4.78, 5) is 28.9. The van der Waals surface area contributed by atoms with Crippen LogP contribution in [-0.4, -0.2) is 97.9 Å². The van der Waals surface area contributed by atoms with Crippen LogP contribution in [0.5, 0.6) is 0 Å². The third-order valence-electron chi connectivity index (χ3n) is 9.91. The zero-order valence-corrected chi connectivity index (χ0v) is 22.2. The number of carbonyl (C=O) groups excluding carboxylic acids is 2. The molecule has 0 bridgehead atoms. The zero-order valence-electron chi connectivity index (χ0n) is 22.2. The van der Waals surface area contributed by atoms with Gasteiger partial charge < -0.3 is 29.9 Å². The number of hydrogen-bond acceptors (Lipinski definition) is 9. The average molecular weight is 510 g/mol. The third kappa shape index (κ3) is 3.81. The molecule has 9 heteroatoms. The van der Waals surface area contributed by atoms with Crippen LogP contribution in [-0.2, 0) is 19.1 Å². The van der Waals surface area contributed by atoms with Crippen molar-refractivity contribution in [2.24, 2.45) is 16.7 Å². The van der Waals surface area contributed by atoms with E-state index in [0.29, 0.717) is 38.8 Å². The molecule has 0 amide bonds. The molecule has 0 radical (unpaired) electrons. The van der Waals surface area contributed by atoms with Crippen molar-refractivity contribution in [3.63, 3.8) is 0 Å². The van der Waals surface area contributed by atoms with E-state index in [9.17, 15) is 30.0 Å². The van der Waals surface area contributed by atoms with Crippen LogP contribution in [0, 0.1) is 16.7 Å². The summed E-state index contributed by atoms with van der Waals surface area (Å²) >= 11 is 0. The van der Waals surface area contributed by atoms with Crippen molar-refractivity contribution in [3.8, 4) is 0 Å². The molecule has 2 saturated carbocycles. The summed E-state index contributed by atoms with van der Waals surface area (Å²) in [6.07, 6.45) is -0.768. The highest BCUT2D eigenvalue weighted by atomic mass is 16.6. The first-order valence-electron chi connectivity index (χ1n) is 13.1. The van der Waals surface area contributed by atoms with Gasteiger partial charge in [-0.1, -0.05) is 26.8 Å². The van der Waals surface area contributed by atoms with E-state index in [1.165, 1.54) is 13.0 Å². The van der Waals surface area contributed by atoms with Crippen molar-refractivity contribution in [3.05, 3.63) is 12.7 Å². The molecule has 0 aromatic carbocycles. The van der Waals surface area contributed by atoms with Crippen molar-refractivity contribution < 1.29 is 39.5 Å². The van der Waals surface area contributed by atoms with E-state index in [4.69, 9.17) is 9.47 Å². The topological polar surface area (TPSA) is 137 Å². The fraction of sp³-hybridized carbons (Fsp3) is 0.852. The van der Waals surface area contributed by atoms with Gasteiger partial charge >= 0.3 is 5.97 Å². The highest BCUT2D eigenvalue weighted by Crippen LogP contribution is 2.67. The molecule has 36 heavy (non-hydrogen) atoms. The second-order valence-electron chi connectivity index (χ2n) is 12.7. The van der Waals surface area contributed by atoms with Crippen LogP contribution in [0.1, 0.15) is 66.7 Å². The predicted molar refractivity (Wildman–Crippen MR) is 131 cm³/mol. The van der Waals surface area contributed by atoms with Crippen LogP contribution in [0.25, 0.3) is 0 Å². The van der Waals surface area contributed by atoms with E-state index in [2.05, 4.69) is 6.58 Å². The van der Waals surface area contributed by atoms with Crippen molar-refractivity contribution in [1.29, 1.82) is 0 Å². The molecule has 8 atom stereocenters. The van der Waals surface area contributed by atoms with Crippen LogP contribution in [0.15, 0.2) is 12.7 Å². The van der Waals surface area contributed by atoms with Gasteiger partial charge in [-0.25, -0.2) is 0 Å². The van der Waals surface area contributed by atoms with Gasteiger partial charge in [-0.2, -0.15) is 0 Å². The molecule has 9 nitrogen and oxygen atoms in total. The Morgan fingerprint density at radius 2 is 1.75 bits per heavy atom. The number of Topliss-reactive ketones (excluding diaryl/α,β-unsaturated/α-hetero) is 1. The second-order valence-corrected chi connectivity index (χ2v) is 12.7. The van der Waals surface area contributed by atoms with Gasteiger partial charge in [-0.3, -0.25) is 14.5 Å². The minimum Gasteiger partial charge on any atom is -0.458 e. The van der Waals surface area contributed by atoms with Crippen molar-refractivity contribution >= 4 is 11.8 Å². The number of hydrogen-bond donors (Lipinski definition) is 4. The molecular formula is C27H43NO8. The fourth-order valence-electron chi connectivity index (χ4n) is 7.85. The predicted octanol–water partition coefficient (Wildman–Crippen LogP) is 0.957. The lowest BCUT2D eigenvalue weighted by Crippen LogP contribution is -2.86. The summed E-state index contributed by atoms with van der Waals surface area (Å²) in [6.45, 7) is 13.6. The molecule has 2 aliphatic carbocycles. The summed E-state index contributed by atoms with van der Waals surface area (Å²) in [5.41, 5.74) is -7.28. The Morgan fingerprint density at radius 3 is 2.33 bits per heavy atom. The lowest BCUT2D eigenvalue weighted by molar-refractivity contribution is -0.370. The van der Waals surface area contributed by atoms with E-state index in [1.807, 2.05) is 18.7 Å². The molecule has 0 aromatic rings. The first-order chi connectivity index (χ1) is 16.6. The smallest absolute Gasteiger partial charge is 0.320 e.